The summed E-state index contributed by atoms with van der Waals surface area (Å²) >= 11 is 0. The van der Waals surface area contributed by atoms with E-state index >= 15 is 0 Å². The standard InChI is InChI=1S/C14H24BN3/c1-14(2,15-3)8-11-9-4-6-12-13(17-18-16-12)7-5-10(9)11/h9-11,15H,4-8H2,1-3H3,(H,16,17,18)/t9-,10+,11+. The summed E-state index contributed by atoms with van der Waals surface area (Å²) in [6, 6.07) is 0. The van der Waals surface area contributed by atoms with E-state index in [0.29, 0.717) is 5.31 Å². The second kappa shape index (κ2) is 4.39. The van der Waals surface area contributed by atoms with E-state index in [0.717, 1.165) is 30.6 Å². The Bertz CT molecular complexity index is 398. The van der Waals surface area contributed by atoms with Gasteiger partial charge in [-0.25, -0.2) is 0 Å². The molecule has 0 saturated heterocycles. The van der Waals surface area contributed by atoms with E-state index in [9.17, 15) is 0 Å². The molecule has 0 amide bonds. The maximum atomic E-state index is 4.22. The van der Waals surface area contributed by atoms with Crippen LogP contribution >= 0.6 is 0 Å². The Balaban J connectivity index is 1.64. The van der Waals surface area contributed by atoms with Gasteiger partial charge in [0.05, 0.1) is 11.4 Å². The lowest BCUT2D eigenvalue weighted by Crippen LogP contribution is -2.11. The first-order valence-corrected chi connectivity index (χ1v) is 7.49. The number of rotatable bonds is 3. The summed E-state index contributed by atoms with van der Waals surface area (Å²) in [5, 5.41) is 11.8. The number of hydrogen-bond donors (Lipinski definition) is 1. The highest BCUT2D eigenvalue weighted by Crippen LogP contribution is 2.58. The largest absolute Gasteiger partial charge is 0.262 e. The van der Waals surface area contributed by atoms with E-state index < -0.39 is 0 Å². The van der Waals surface area contributed by atoms with Gasteiger partial charge >= 0.3 is 0 Å². The number of nitrogens with one attached hydrogen (secondary N) is 1. The van der Waals surface area contributed by atoms with Crippen molar-refractivity contribution in [3.8, 4) is 0 Å². The first-order chi connectivity index (χ1) is 8.61. The van der Waals surface area contributed by atoms with Crippen LogP contribution in [-0.4, -0.2) is 22.7 Å². The summed E-state index contributed by atoms with van der Waals surface area (Å²) in [7, 11) is 1.30. The number of H-pyrrole nitrogens is 1. The quantitative estimate of drug-likeness (QED) is 0.831. The number of aromatic nitrogens is 3. The van der Waals surface area contributed by atoms with Crippen molar-refractivity contribution < 1.29 is 0 Å². The summed E-state index contributed by atoms with van der Waals surface area (Å²) in [6.45, 7) is 7.17. The lowest BCUT2D eigenvalue weighted by molar-refractivity contribution is 0.506. The average Bonchev–Trinajstić information content (AvgIpc) is 2.74. The molecule has 4 heteroatoms. The van der Waals surface area contributed by atoms with Crippen molar-refractivity contribution in [1.82, 2.24) is 15.4 Å². The summed E-state index contributed by atoms with van der Waals surface area (Å²) in [5.74, 6) is 2.94. The van der Waals surface area contributed by atoms with E-state index in [1.165, 1.54) is 37.9 Å². The second-order valence-electron chi connectivity index (χ2n) is 7.03. The molecule has 2 aliphatic rings. The lowest BCUT2D eigenvalue weighted by atomic mass is 9.54. The Morgan fingerprint density at radius 2 is 2.00 bits per heavy atom. The molecule has 1 fully saturated rings. The van der Waals surface area contributed by atoms with E-state index in [4.69, 9.17) is 0 Å². The van der Waals surface area contributed by atoms with Crippen molar-refractivity contribution in [2.24, 2.45) is 17.8 Å². The molecular weight excluding hydrogens is 221 g/mol. The van der Waals surface area contributed by atoms with E-state index in [1.807, 2.05) is 0 Å². The molecule has 3 rings (SSSR count). The summed E-state index contributed by atoms with van der Waals surface area (Å²) in [4.78, 5) is 0. The van der Waals surface area contributed by atoms with E-state index in [-0.39, 0.29) is 0 Å². The average molecular weight is 245 g/mol. The summed E-state index contributed by atoms with van der Waals surface area (Å²) < 4.78 is 0. The number of nitrogens with zero attached hydrogens (tertiary/aromatic N) is 2. The van der Waals surface area contributed by atoms with Crippen molar-refractivity contribution in [3.63, 3.8) is 0 Å². The molecule has 1 aromatic heterocycles. The first-order valence-electron chi connectivity index (χ1n) is 7.49. The Morgan fingerprint density at radius 1 is 1.28 bits per heavy atom. The van der Waals surface area contributed by atoms with Gasteiger partial charge in [-0.15, -0.1) is 5.10 Å². The molecule has 1 N–H and O–H groups in total. The monoisotopic (exact) mass is 245 g/mol. The van der Waals surface area contributed by atoms with Crippen LogP contribution in [0.3, 0.4) is 0 Å². The van der Waals surface area contributed by atoms with Crippen LogP contribution in [0.1, 0.15) is 44.5 Å². The van der Waals surface area contributed by atoms with Crippen molar-refractivity contribution >= 4 is 7.28 Å². The molecule has 18 heavy (non-hydrogen) atoms. The zero-order valence-electron chi connectivity index (χ0n) is 11.9. The fourth-order valence-corrected chi connectivity index (χ4v) is 3.75. The van der Waals surface area contributed by atoms with Gasteiger partial charge in [0.15, 0.2) is 0 Å². The molecule has 98 valence electrons. The van der Waals surface area contributed by atoms with Crippen molar-refractivity contribution in [3.05, 3.63) is 11.4 Å². The Kier molecular flexibility index (Phi) is 2.99. The molecule has 3 nitrogen and oxygen atoms in total. The molecule has 0 aromatic carbocycles. The molecule has 0 spiro atoms. The first kappa shape index (κ1) is 12.2. The third kappa shape index (κ3) is 2.22. The molecule has 0 radical (unpaired) electrons. The van der Waals surface area contributed by atoms with Gasteiger partial charge < -0.3 is 0 Å². The highest BCUT2D eigenvalue weighted by molar-refractivity contribution is 6.37. The molecule has 3 atom stereocenters. The number of aryl methyl sites for hydroxylation is 2. The molecular formula is C14H24BN3. The summed E-state index contributed by atoms with van der Waals surface area (Å²) in [5.41, 5.74) is 2.53. The highest BCUT2D eigenvalue weighted by atomic mass is 15.3. The normalized spacial score (nSPS) is 30.9. The van der Waals surface area contributed by atoms with Gasteiger partial charge in [-0.1, -0.05) is 37.6 Å². The molecule has 0 aliphatic heterocycles. The van der Waals surface area contributed by atoms with Crippen molar-refractivity contribution in [1.29, 1.82) is 0 Å². The number of fused-ring (bicyclic) bond motifs is 2. The van der Waals surface area contributed by atoms with Crippen LogP contribution < -0.4 is 0 Å². The predicted molar refractivity (Wildman–Crippen MR) is 75.2 cm³/mol. The fraction of sp³-hybridized carbons (Fsp3) is 0.857. The Morgan fingerprint density at radius 3 is 2.72 bits per heavy atom. The van der Waals surface area contributed by atoms with E-state index in [2.05, 4.69) is 36.1 Å². The third-order valence-corrected chi connectivity index (χ3v) is 5.40. The Hall–Kier alpha value is -0.795. The van der Waals surface area contributed by atoms with Crippen molar-refractivity contribution in [2.75, 3.05) is 0 Å². The van der Waals surface area contributed by atoms with Crippen LogP contribution in [0, 0.1) is 17.8 Å². The van der Waals surface area contributed by atoms with Gasteiger partial charge in [0.2, 0.25) is 0 Å². The van der Waals surface area contributed by atoms with Gasteiger partial charge in [0.25, 0.3) is 0 Å². The second-order valence-corrected chi connectivity index (χ2v) is 7.03. The zero-order valence-corrected chi connectivity index (χ0v) is 11.9. The van der Waals surface area contributed by atoms with Crippen LogP contribution in [0.15, 0.2) is 0 Å². The lowest BCUT2D eigenvalue weighted by Gasteiger charge is -2.21. The van der Waals surface area contributed by atoms with E-state index in [1.54, 1.807) is 0 Å². The van der Waals surface area contributed by atoms with Crippen molar-refractivity contribution in [2.45, 2.75) is 58.1 Å². The maximum absolute atomic E-state index is 4.22. The number of aromatic amines is 1. The van der Waals surface area contributed by atoms with Gasteiger partial charge in [-0.2, -0.15) is 0 Å². The zero-order chi connectivity index (χ0) is 12.8. The molecule has 1 heterocycles. The minimum atomic E-state index is 0.528. The van der Waals surface area contributed by atoms with Crippen LogP contribution in [0.5, 0.6) is 0 Å². The SMILES string of the molecule is CBC(C)(C)C[C@H]1[C@@H]2CCc3[nH]nnc3CC[C@@H]21. The van der Waals surface area contributed by atoms with Crippen LogP contribution in [-0.2, 0) is 12.8 Å². The predicted octanol–water partition coefficient (Wildman–Crippen LogP) is 2.62. The van der Waals surface area contributed by atoms with Gasteiger partial charge in [-0.3, -0.25) is 5.10 Å². The maximum Gasteiger partial charge on any atom is 0.124 e. The van der Waals surface area contributed by atoms with Crippen LogP contribution in [0.4, 0.5) is 0 Å². The molecule has 0 unspecified atom stereocenters. The van der Waals surface area contributed by atoms with Crippen LogP contribution in [0.2, 0.25) is 12.1 Å². The minimum Gasteiger partial charge on any atom is -0.262 e. The Labute approximate surface area is 110 Å². The smallest absolute Gasteiger partial charge is 0.124 e. The van der Waals surface area contributed by atoms with Gasteiger partial charge in [-0.05, 0) is 43.4 Å². The van der Waals surface area contributed by atoms with Crippen LogP contribution in [0.25, 0.3) is 0 Å². The van der Waals surface area contributed by atoms with Gasteiger partial charge in [0, 0.05) is 0 Å². The third-order valence-electron chi connectivity index (χ3n) is 5.40. The topological polar surface area (TPSA) is 41.6 Å². The highest BCUT2D eigenvalue weighted by Gasteiger charge is 2.50. The molecule has 1 saturated carbocycles. The molecule has 2 aliphatic carbocycles. The minimum absolute atomic E-state index is 0.528. The fourth-order valence-electron chi connectivity index (χ4n) is 3.75. The molecule has 0 bridgehead atoms. The number of hydrogen-bond acceptors (Lipinski definition) is 2. The van der Waals surface area contributed by atoms with Gasteiger partial charge in [0.1, 0.15) is 7.28 Å². The summed E-state index contributed by atoms with van der Waals surface area (Å²) in [6.07, 6.45) is 6.38. The molecule has 1 aromatic rings.